The van der Waals surface area contributed by atoms with Crippen molar-refractivity contribution in [2.45, 2.75) is 13.0 Å². The lowest BCUT2D eigenvalue weighted by atomic mass is 10.0. The Bertz CT molecular complexity index is 958. The molecule has 0 saturated carbocycles. The summed E-state index contributed by atoms with van der Waals surface area (Å²) in [6.45, 7) is 3.84. The Balaban J connectivity index is 1.67. The van der Waals surface area contributed by atoms with Gasteiger partial charge in [-0.25, -0.2) is 4.68 Å². The minimum Gasteiger partial charge on any atom is -0.328 e. The van der Waals surface area contributed by atoms with Gasteiger partial charge in [-0.3, -0.25) is 9.78 Å². The number of pyridine rings is 1. The zero-order valence-electron chi connectivity index (χ0n) is 14.8. The van der Waals surface area contributed by atoms with Gasteiger partial charge in [0.05, 0.1) is 22.4 Å². The van der Waals surface area contributed by atoms with Crippen LogP contribution in [0, 0.1) is 6.92 Å². The molecule has 1 amide bonds. The fourth-order valence-electron chi connectivity index (χ4n) is 3.33. The largest absolute Gasteiger partial charge is 0.328 e. The maximum atomic E-state index is 13.3. The van der Waals surface area contributed by atoms with Crippen LogP contribution in [0.1, 0.15) is 27.8 Å². The van der Waals surface area contributed by atoms with Gasteiger partial charge < -0.3 is 10.2 Å². The van der Waals surface area contributed by atoms with E-state index in [0.29, 0.717) is 35.2 Å². The second-order valence-corrected chi connectivity index (χ2v) is 6.80. The molecule has 8 heteroatoms. The zero-order valence-corrected chi connectivity index (χ0v) is 15.6. The number of nitrogens with one attached hydrogen (secondary N) is 1. The summed E-state index contributed by atoms with van der Waals surface area (Å²) in [5.41, 5.74) is 2.70. The Labute approximate surface area is 162 Å². The number of para-hydroxylation sites is 1. The first-order valence-electron chi connectivity index (χ1n) is 8.75. The normalized spacial score (nSPS) is 17.1. The number of rotatable bonds is 3. The first-order chi connectivity index (χ1) is 13.2. The minimum absolute atomic E-state index is 0.0928. The smallest absolute Gasteiger partial charge is 0.276 e. The molecule has 1 fully saturated rings. The molecule has 1 N–H and O–H groups in total. The molecule has 0 spiro atoms. The van der Waals surface area contributed by atoms with Crippen molar-refractivity contribution in [3.8, 4) is 5.69 Å². The molecule has 1 unspecified atom stereocenters. The minimum atomic E-state index is -0.138. The van der Waals surface area contributed by atoms with E-state index in [4.69, 9.17) is 11.6 Å². The maximum absolute atomic E-state index is 13.3. The van der Waals surface area contributed by atoms with Crippen LogP contribution in [-0.2, 0) is 0 Å². The SMILES string of the molecule is Cc1c(C(=O)N2CCNCC2c2cccnc2)nnn1-c1ccccc1Cl. The Hall–Kier alpha value is -2.77. The number of carbonyl (C=O) groups excluding carboxylic acids is 1. The predicted octanol–water partition coefficient (Wildman–Crippen LogP) is 2.41. The van der Waals surface area contributed by atoms with E-state index >= 15 is 0 Å². The van der Waals surface area contributed by atoms with Gasteiger partial charge in [0.15, 0.2) is 5.69 Å². The van der Waals surface area contributed by atoms with Crippen LogP contribution < -0.4 is 5.32 Å². The molecule has 0 aliphatic carbocycles. The Morgan fingerprint density at radius 1 is 1.26 bits per heavy atom. The van der Waals surface area contributed by atoms with E-state index in [9.17, 15) is 4.79 Å². The van der Waals surface area contributed by atoms with Gasteiger partial charge in [-0.15, -0.1) is 5.10 Å². The van der Waals surface area contributed by atoms with E-state index in [2.05, 4.69) is 20.6 Å². The van der Waals surface area contributed by atoms with Crippen molar-refractivity contribution in [3.63, 3.8) is 0 Å². The summed E-state index contributed by atoms with van der Waals surface area (Å²) >= 11 is 6.27. The van der Waals surface area contributed by atoms with E-state index in [1.54, 1.807) is 23.1 Å². The summed E-state index contributed by atoms with van der Waals surface area (Å²) in [6, 6.07) is 11.1. The summed E-state index contributed by atoms with van der Waals surface area (Å²) in [5.74, 6) is -0.138. The topological polar surface area (TPSA) is 75.9 Å². The van der Waals surface area contributed by atoms with Crippen LogP contribution in [-0.4, -0.2) is 50.4 Å². The van der Waals surface area contributed by atoms with Crippen LogP contribution in [0.2, 0.25) is 5.02 Å². The first kappa shape index (κ1) is 17.6. The molecule has 1 aliphatic heterocycles. The van der Waals surface area contributed by atoms with Gasteiger partial charge >= 0.3 is 0 Å². The molecule has 2 aromatic heterocycles. The van der Waals surface area contributed by atoms with Gasteiger partial charge in [0.25, 0.3) is 5.91 Å². The molecular formula is C19H19ClN6O. The molecule has 1 aliphatic rings. The second kappa shape index (κ2) is 7.46. The number of benzene rings is 1. The number of halogens is 1. The van der Waals surface area contributed by atoms with Gasteiger partial charge in [-0.05, 0) is 30.7 Å². The molecule has 3 heterocycles. The summed E-state index contributed by atoms with van der Waals surface area (Å²) < 4.78 is 1.61. The molecule has 1 aromatic carbocycles. The third-order valence-corrected chi connectivity index (χ3v) is 5.07. The van der Waals surface area contributed by atoms with Crippen LogP contribution in [0.25, 0.3) is 5.69 Å². The molecule has 1 atom stereocenters. The molecule has 27 heavy (non-hydrogen) atoms. The number of hydrogen-bond acceptors (Lipinski definition) is 5. The van der Waals surface area contributed by atoms with E-state index in [1.807, 2.05) is 42.2 Å². The lowest BCUT2D eigenvalue weighted by Crippen LogP contribution is -2.49. The standard InChI is InChI=1S/C19H19ClN6O/c1-13-18(23-24-26(13)16-7-3-2-6-15(16)20)19(27)25-10-9-22-12-17(25)14-5-4-8-21-11-14/h2-8,11,17,22H,9-10,12H2,1H3. The van der Waals surface area contributed by atoms with Crippen LogP contribution in [0.5, 0.6) is 0 Å². The number of aromatic nitrogens is 4. The van der Waals surface area contributed by atoms with Crippen molar-refractivity contribution in [1.82, 2.24) is 30.2 Å². The maximum Gasteiger partial charge on any atom is 0.276 e. The first-order valence-corrected chi connectivity index (χ1v) is 9.13. The highest BCUT2D eigenvalue weighted by atomic mass is 35.5. The molecule has 4 rings (SSSR count). The molecule has 138 valence electrons. The molecule has 7 nitrogen and oxygen atoms in total. The van der Waals surface area contributed by atoms with E-state index in [-0.39, 0.29) is 11.9 Å². The van der Waals surface area contributed by atoms with E-state index in [1.165, 1.54) is 0 Å². The Morgan fingerprint density at radius 2 is 2.11 bits per heavy atom. The van der Waals surface area contributed by atoms with Crippen molar-refractivity contribution in [2.24, 2.45) is 0 Å². The van der Waals surface area contributed by atoms with E-state index < -0.39 is 0 Å². The van der Waals surface area contributed by atoms with Crippen molar-refractivity contribution in [1.29, 1.82) is 0 Å². The van der Waals surface area contributed by atoms with Gasteiger partial charge in [-0.2, -0.15) is 0 Å². The third-order valence-electron chi connectivity index (χ3n) is 4.75. The van der Waals surface area contributed by atoms with Gasteiger partial charge in [-0.1, -0.05) is 35.0 Å². The molecule has 0 bridgehead atoms. The molecule has 0 radical (unpaired) electrons. The highest BCUT2D eigenvalue weighted by Gasteiger charge is 2.31. The fraction of sp³-hybridized carbons (Fsp3) is 0.263. The number of hydrogen-bond donors (Lipinski definition) is 1. The average Bonchev–Trinajstić information content (AvgIpc) is 3.09. The summed E-state index contributed by atoms with van der Waals surface area (Å²) in [6.07, 6.45) is 3.52. The highest BCUT2D eigenvalue weighted by Crippen LogP contribution is 2.25. The Morgan fingerprint density at radius 3 is 2.89 bits per heavy atom. The number of amides is 1. The lowest BCUT2D eigenvalue weighted by Gasteiger charge is -2.36. The monoisotopic (exact) mass is 382 g/mol. The van der Waals surface area contributed by atoms with Crippen molar-refractivity contribution < 1.29 is 4.79 Å². The quantitative estimate of drug-likeness (QED) is 0.752. The lowest BCUT2D eigenvalue weighted by molar-refractivity contribution is 0.0627. The van der Waals surface area contributed by atoms with Gasteiger partial charge in [0, 0.05) is 32.0 Å². The van der Waals surface area contributed by atoms with Crippen LogP contribution in [0.4, 0.5) is 0 Å². The fourth-order valence-corrected chi connectivity index (χ4v) is 3.55. The van der Waals surface area contributed by atoms with Gasteiger partial charge in [0.2, 0.25) is 0 Å². The number of piperazine rings is 1. The molecule has 3 aromatic rings. The number of carbonyl (C=O) groups is 1. The molecular weight excluding hydrogens is 364 g/mol. The summed E-state index contributed by atoms with van der Waals surface area (Å²) in [4.78, 5) is 19.3. The highest BCUT2D eigenvalue weighted by molar-refractivity contribution is 6.32. The molecule has 1 saturated heterocycles. The van der Waals surface area contributed by atoms with Crippen molar-refractivity contribution >= 4 is 17.5 Å². The number of nitrogens with zero attached hydrogens (tertiary/aromatic N) is 5. The average molecular weight is 383 g/mol. The summed E-state index contributed by atoms with van der Waals surface area (Å²) in [5, 5.41) is 12.2. The predicted molar refractivity (Wildman–Crippen MR) is 102 cm³/mol. The summed E-state index contributed by atoms with van der Waals surface area (Å²) in [7, 11) is 0. The van der Waals surface area contributed by atoms with Crippen LogP contribution in [0.3, 0.4) is 0 Å². The van der Waals surface area contributed by atoms with Crippen molar-refractivity contribution in [2.75, 3.05) is 19.6 Å². The van der Waals surface area contributed by atoms with Crippen LogP contribution in [0.15, 0.2) is 48.8 Å². The zero-order chi connectivity index (χ0) is 18.8. The van der Waals surface area contributed by atoms with Crippen LogP contribution >= 0.6 is 11.6 Å². The third kappa shape index (κ3) is 3.31. The Kier molecular flexibility index (Phi) is 4.87. The van der Waals surface area contributed by atoms with E-state index in [0.717, 1.165) is 12.1 Å². The van der Waals surface area contributed by atoms with Crippen molar-refractivity contribution in [3.05, 3.63) is 70.8 Å². The second-order valence-electron chi connectivity index (χ2n) is 6.39. The van der Waals surface area contributed by atoms with Gasteiger partial charge in [0.1, 0.15) is 0 Å².